The number of amidine groups is 1. The van der Waals surface area contributed by atoms with Crippen molar-refractivity contribution in [2.24, 2.45) is 4.99 Å². The fourth-order valence-corrected chi connectivity index (χ4v) is 3.21. The summed E-state index contributed by atoms with van der Waals surface area (Å²) in [7, 11) is 1.50. The van der Waals surface area contributed by atoms with Crippen molar-refractivity contribution in [2.75, 3.05) is 7.11 Å². The van der Waals surface area contributed by atoms with Crippen LogP contribution in [0.25, 0.3) is 0 Å². The number of rotatable bonds is 5. The Balaban J connectivity index is 2.13. The molecule has 0 bridgehead atoms. The molecule has 1 heterocycles. The molecule has 154 valence electrons. The van der Waals surface area contributed by atoms with Crippen molar-refractivity contribution < 1.29 is 23.0 Å². The number of hydrogen-bond acceptors (Lipinski definition) is 5. The average molecular weight is 402 g/mol. The molecule has 0 radical (unpaired) electrons. The highest BCUT2D eigenvalue weighted by Crippen LogP contribution is 2.40. The van der Waals surface area contributed by atoms with Crippen LogP contribution in [-0.4, -0.2) is 35.8 Å². The van der Waals surface area contributed by atoms with Gasteiger partial charge in [0.25, 0.3) is 6.43 Å². The SMILES string of the molecule is COc1ccc2c(c1)C(C(=O)OC(C)(C)C)N(Cc1ccccc1)C(C(F)F)=N2. The minimum Gasteiger partial charge on any atom is -0.497 e. The van der Waals surface area contributed by atoms with Gasteiger partial charge in [-0.25, -0.2) is 18.6 Å². The van der Waals surface area contributed by atoms with Gasteiger partial charge in [-0.2, -0.15) is 0 Å². The monoisotopic (exact) mass is 402 g/mol. The second-order valence-electron chi connectivity index (χ2n) is 7.74. The Hall–Kier alpha value is -2.96. The van der Waals surface area contributed by atoms with Crippen LogP contribution in [0.5, 0.6) is 5.75 Å². The zero-order valence-corrected chi connectivity index (χ0v) is 16.9. The zero-order chi connectivity index (χ0) is 21.2. The Labute approximate surface area is 169 Å². The maximum atomic E-state index is 13.9. The van der Waals surface area contributed by atoms with Gasteiger partial charge in [-0.05, 0) is 44.5 Å². The molecule has 0 amide bonds. The molecule has 1 atom stereocenters. The van der Waals surface area contributed by atoms with E-state index in [9.17, 15) is 13.6 Å². The summed E-state index contributed by atoms with van der Waals surface area (Å²) in [4.78, 5) is 18.6. The highest BCUT2D eigenvalue weighted by molar-refractivity contribution is 5.96. The van der Waals surface area contributed by atoms with Crippen molar-refractivity contribution >= 4 is 17.5 Å². The minimum absolute atomic E-state index is 0.0879. The summed E-state index contributed by atoms with van der Waals surface area (Å²) in [6.45, 7) is 5.31. The molecule has 0 fully saturated rings. The van der Waals surface area contributed by atoms with E-state index in [-0.39, 0.29) is 6.54 Å². The normalized spacial score (nSPS) is 16.3. The van der Waals surface area contributed by atoms with Gasteiger partial charge in [-0.1, -0.05) is 30.3 Å². The smallest absolute Gasteiger partial charge is 0.334 e. The van der Waals surface area contributed by atoms with E-state index in [1.54, 1.807) is 39.0 Å². The molecule has 1 aliphatic heterocycles. The molecule has 1 unspecified atom stereocenters. The molecule has 0 aliphatic carbocycles. The number of hydrogen-bond donors (Lipinski definition) is 0. The van der Waals surface area contributed by atoms with Crippen LogP contribution >= 0.6 is 0 Å². The van der Waals surface area contributed by atoms with Crippen LogP contribution in [0.1, 0.15) is 37.9 Å². The first-order chi connectivity index (χ1) is 13.7. The number of halogens is 2. The molecule has 0 saturated heterocycles. The molecule has 5 nitrogen and oxygen atoms in total. The molecule has 1 aliphatic rings. The second kappa shape index (κ2) is 8.19. The predicted molar refractivity (Wildman–Crippen MR) is 107 cm³/mol. The summed E-state index contributed by atoms with van der Waals surface area (Å²) in [5, 5.41) is 0. The van der Waals surface area contributed by atoms with Crippen LogP contribution in [0, 0.1) is 0 Å². The van der Waals surface area contributed by atoms with Gasteiger partial charge in [0.15, 0.2) is 11.9 Å². The first-order valence-electron chi connectivity index (χ1n) is 9.27. The van der Waals surface area contributed by atoms with Gasteiger partial charge in [0.1, 0.15) is 11.4 Å². The molecule has 2 aromatic rings. The Morgan fingerprint density at radius 3 is 2.45 bits per heavy atom. The Morgan fingerprint density at radius 2 is 1.86 bits per heavy atom. The third kappa shape index (κ3) is 4.72. The molecule has 0 aromatic heterocycles. The number of methoxy groups -OCH3 is 1. The van der Waals surface area contributed by atoms with Crippen molar-refractivity contribution in [3.05, 3.63) is 59.7 Å². The molecule has 7 heteroatoms. The van der Waals surface area contributed by atoms with Gasteiger partial charge in [0.05, 0.1) is 12.8 Å². The van der Waals surface area contributed by atoms with Gasteiger partial charge in [-0.15, -0.1) is 0 Å². The van der Waals surface area contributed by atoms with Crippen LogP contribution in [0.3, 0.4) is 0 Å². The summed E-state index contributed by atoms with van der Waals surface area (Å²) >= 11 is 0. The van der Waals surface area contributed by atoms with Gasteiger partial charge < -0.3 is 14.4 Å². The third-order valence-corrected chi connectivity index (χ3v) is 4.39. The molecule has 0 N–H and O–H groups in total. The van der Waals surface area contributed by atoms with Crippen molar-refractivity contribution in [1.29, 1.82) is 0 Å². The molecule has 2 aromatic carbocycles. The lowest BCUT2D eigenvalue weighted by Crippen LogP contribution is -2.45. The molecule has 29 heavy (non-hydrogen) atoms. The summed E-state index contributed by atoms with van der Waals surface area (Å²) in [6, 6.07) is 12.9. The Bertz CT molecular complexity index is 908. The molecule has 0 saturated carbocycles. The lowest BCUT2D eigenvalue weighted by molar-refractivity contribution is -0.160. The number of ether oxygens (including phenoxy) is 2. The lowest BCUT2D eigenvalue weighted by atomic mass is 9.99. The van der Waals surface area contributed by atoms with Crippen molar-refractivity contribution in [1.82, 2.24) is 4.90 Å². The van der Waals surface area contributed by atoms with Crippen LogP contribution < -0.4 is 4.74 Å². The zero-order valence-electron chi connectivity index (χ0n) is 16.9. The van der Waals surface area contributed by atoms with Gasteiger partial charge in [-0.3, -0.25) is 0 Å². The van der Waals surface area contributed by atoms with Crippen LogP contribution in [-0.2, 0) is 16.1 Å². The second-order valence-corrected chi connectivity index (χ2v) is 7.74. The average Bonchev–Trinajstić information content (AvgIpc) is 2.66. The number of alkyl halides is 2. The van der Waals surface area contributed by atoms with Crippen LogP contribution in [0.2, 0.25) is 0 Å². The van der Waals surface area contributed by atoms with Gasteiger partial charge in [0.2, 0.25) is 0 Å². The number of esters is 1. The van der Waals surface area contributed by atoms with E-state index >= 15 is 0 Å². The first kappa shape index (κ1) is 20.8. The fourth-order valence-electron chi connectivity index (χ4n) is 3.21. The number of aliphatic imine (C=N–C) groups is 1. The maximum Gasteiger partial charge on any atom is 0.334 e. The summed E-state index contributed by atoms with van der Waals surface area (Å²) in [5.74, 6) is -0.564. The summed E-state index contributed by atoms with van der Waals surface area (Å²) < 4.78 is 38.7. The van der Waals surface area contributed by atoms with Crippen molar-refractivity contribution in [3.8, 4) is 5.75 Å². The highest BCUT2D eigenvalue weighted by atomic mass is 19.3. The van der Waals surface area contributed by atoms with E-state index in [2.05, 4.69) is 4.99 Å². The van der Waals surface area contributed by atoms with E-state index < -0.39 is 29.9 Å². The quantitative estimate of drug-likeness (QED) is 0.669. The number of benzene rings is 2. The summed E-state index contributed by atoms with van der Waals surface area (Å²) in [6.07, 6.45) is -2.85. The third-order valence-electron chi connectivity index (χ3n) is 4.39. The maximum absolute atomic E-state index is 13.9. The highest BCUT2D eigenvalue weighted by Gasteiger charge is 2.40. The van der Waals surface area contributed by atoms with Crippen LogP contribution in [0.15, 0.2) is 53.5 Å². The molecular formula is C22H24F2N2O3. The van der Waals surface area contributed by atoms with E-state index in [1.165, 1.54) is 12.0 Å². The molecule has 0 spiro atoms. The standard InChI is InChI=1S/C22H24F2N2O3/c1-22(2,3)29-21(27)18-16-12-15(28-4)10-11-17(16)25-20(19(23)24)26(18)13-14-8-6-5-7-9-14/h5-12,18-19H,13H2,1-4H3. The van der Waals surface area contributed by atoms with E-state index in [0.717, 1.165) is 5.56 Å². The largest absolute Gasteiger partial charge is 0.497 e. The van der Waals surface area contributed by atoms with Crippen molar-refractivity contribution in [3.63, 3.8) is 0 Å². The van der Waals surface area contributed by atoms with Gasteiger partial charge in [0, 0.05) is 12.1 Å². The van der Waals surface area contributed by atoms with E-state index in [4.69, 9.17) is 9.47 Å². The van der Waals surface area contributed by atoms with Gasteiger partial charge >= 0.3 is 5.97 Å². The van der Waals surface area contributed by atoms with E-state index in [0.29, 0.717) is 17.0 Å². The van der Waals surface area contributed by atoms with Crippen molar-refractivity contribution in [2.45, 2.75) is 45.4 Å². The predicted octanol–water partition coefficient (Wildman–Crippen LogP) is 4.89. The first-order valence-corrected chi connectivity index (χ1v) is 9.27. The van der Waals surface area contributed by atoms with E-state index in [1.807, 2.05) is 30.3 Å². The topological polar surface area (TPSA) is 51.1 Å². The molecule has 3 rings (SSSR count). The Morgan fingerprint density at radius 1 is 1.17 bits per heavy atom. The minimum atomic E-state index is -2.85. The summed E-state index contributed by atoms with van der Waals surface area (Å²) in [5.41, 5.74) is 0.787. The fraction of sp³-hybridized carbons (Fsp3) is 0.364. The number of carbonyl (C=O) groups is 1. The number of carbonyl (C=O) groups excluding carboxylic acids is 1. The number of nitrogens with zero attached hydrogens (tertiary/aromatic N) is 2. The Kier molecular flexibility index (Phi) is 5.86. The van der Waals surface area contributed by atoms with Crippen LogP contribution in [0.4, 0.5) is 14.5 Å². The number of fused-ring (bicyclic) bond motifs is 1. The molecular weight excluding hydrogens is 378 g/mol. The lowest BCUT2D eigenvalue weighted by Gasteiger charge is -2.38.